The Balaban J connectivity index is 0.00000304. The molecule has 0 atom stereocenters. The van der Waals surface area contributed by atoms with E-state index in [0.29, 0.717) is 36.1 Å². The molecule has 0 spiro atoms. The molecule has 1 aromatic heterocycles. The molecule has 3 amide bonds. The predicted molar refractivity (Wildman–Crippen MR) is 146 cm³/mol. The Bertz CT molecular complexity index is 1240. The standard InChI is InChI=1S/C25H26N4O4S2.ClH/c1-34-19-3-2-4-20-23(19)26-25(35-20)28(12-11-27-13-15-33-16-14-27)24(32)17-5-7-18(8-6-17)29-21(30)9-10-22(29)31;/h2-8H,9-16H2,1H3;1H. The summed E-state index contributed by atoms with van der Waals surface area (Å²) < 4.78 is 6.49. The Morgan fingerprint density at radius 3 is 2.44 bits per heavy atom. The van der Waals surface area contributed by atoms with Crippen LogP contribution in [0, 0.1) is 0 Å². The highest BCUT2D eigenvalue weighted by atomic mass is 35.5. The van der Waals surface area contributed by atoms with Gasteiger partial charge in [0.15, 0.2) is 5.13 Å². The van der Waals surface area contributed by atoms with Gasteiger partial charge in [0.2, 0.25) is 11.8 Å². The Kier molecular flexibility index (Phi) is 8.63. The highest BCUT2D eigenvalue weighted by molar-refractivity contribution is 7.98. The summed E-state index contributed by atoms with van der Waals surface area (Å²) in [4.78, 5) is 49.0. The van der Waals surface area contributed by atoms with Gasteiger partial charge in [0, 0.05) is 49.5 Å². The number of hydrogen-bond acceptors (Lipinski definition) is 8. The lowest BCUT2D eigenvalue weighted by molar-refractivity contribution is -0.121. The number of thiazole rings is 1. The molecule has 0 saturated carbocycles. The molecule has 0 aliphatic carbocycles. The molecule has 2 fully saturated rings. The van der Waals surface area contributed by atoms with Crippen LogP contribution in [-0.4, -0.2) is 73.3 Å². The van der Waals surface area contributed by atoms with Crippen LogP contribution < -0.4 is 9.80 Å². The number of fused-ring (bicyclic) bond motifs is 1. The van der Waals surface area contributed by atoms with Gasteiger partial charge in [0.05, 0.1) is 29.1 Å². The molecular formula is C25H27ClN4O4S2. The number of imide groups is 1. The van der Waals surface area contributed by atoms with Gasteiger partial charge >= 0.3 is 0 Å². The quantitative estimate of drug-likeness (QED) is 0.326. The van der Waals surface area contributed by atoms with Gasteiger partial charge in [0.25, 0.3) is 5.91 Å². The Morgan fingerprint density at radius 1 is 1.08 bits per heavy atom. The fourth-order valence-electron chi connectivity index (χ4n) is 4.32. The molecule has 0 unspecified atom stereocenters. The number of thioether (sulfide) groups is 1. The zero-order valence-electron chi connectivity index (χ0n) is 19.8. The number of aromatic nitrogens is 1. The van der Waals surface area contributed by atoms with Crippen LogP contribution in [0.1, 0.15) is 23.2 Å². The van der Waals surface area contributed by atoms with Crippen molar-refractivity contribution in [2.75, 3.05) is 55.4 Å². The zero-order valence-corrected chi connectivity index (χ0v) is 22.3. The minimum atomic E-state index is -0.208. The first-order valence-corrected chi connectivity index (χ1v) is 13.6. The molecule has 11 heteroatoms. The van der Waals surface area contributed by atoms with E-state index >= 15 is 0 Å². The molecule has 2 aliphatic rings. The third kappa shape index (κ3) is 5.42. The van der Waals surface area contributed by atoms with E-state index in [0.717, 1.165) is 34.7 Å². The zero-order chi connectivity index (χ0) is 24.4. The molecule has 0 bridgehead atoms. The van der Waals surface area contributed by atoms with Crippen molar-refractivity contribution in [2.24, 2.45) is 0 Å². The van der Waals surface area contributed by atoms with Crippen molar-refractivity contribution in [2.45, 2.75) is 17.7 Å². The molecule has 5 rings (SSSR count). The number of benzene rings is 2. The van der Waals surface area contributed by atoms with Crippen LogP contribution in [0.5, 0.6) is 0 Å². The van der Waals surface area contributed by atoms with Crippen LogP contribution >= 0.6 is 35.5 Å². The Labute approximate surface area is 224 Å². The fraction of sp³-hybridized carbons (Fsp3) is 0.360. The minimum absolute atomic E-state index is 0. The summed E-state index contributed by atoms with van der Waals surface area (Å²) in [5.74, 6) is -0.575. The lowest BCUT2D eigenvalue weighted by Gasteiger charge is -2.29. The van der Waals surface area contributed by atoms with Crippen molar-refractivity contribution in [1.29, 1.82) is 0 Å². The maximum absolute atomic E-state index is 13.7. The van der Waals surface area contributed by atoms with Crippen LogP contribution in [0.3, 0.4) is 0 Å². The van der Waals surface area contributed by atoms with E-state index in [-0.39, 0.29) is 43.0 Å². The van der Waals surface area contributed by atoms with Crippen molar-refractivity contribution >= 4 is 74.3 Å². The average Bonchev–Trinajstić information content (AvgIpc) is 3.47. The first-order valence-electron chi connectivity index (χ1n) is 11.6. The third-order valence-corrected chi connectivity index (χ3v) is 8.05. The predicted octanol–water partition coefficient (Wildman–Crippen LogP) is 4.07. The first-order chi connectivity index (χ1) is 17.0. The summed E-state index contributed by atoms with van der Waals surface area (Å²) in [6.45, 7) is 4.28. The van der Waals surface area contributed by atoms with Crippen LogP contribution in [0.25, 0.3) is 10.2 Å². The Hall–Kier alpha value is -2.50. The van der Waals surface area contributed by atoms with Gasteiger partial charge in [-0.2, -0.15) is 0 Å². The van der Waals surface area contributed by atoms with Crippen LogP contribution in [0.15, 0.2) is 47.4 Å². The largest absolute Gasteiger partial charge is 0.379 e. The summed E-state index contributed by atoms with van der Waals surface area (Å²) in [5, 5.41) is 0.661. The van der Waals surface area contributed by atoms with Gasteiger partial charge in [0.1, 0.15) is 0 Å². The number of ether oxygens (including phenoxy) is 1. The number of halogens is 1. The summed E-state index contributed by atoms with van der Waals surface area (Å²) in [6.07, 6.45) is 2.47. The molecule has 2 aliphatic heterocycles. The van der Waals surface area contributed by atoms with Gasteiger partial charge in [-0.1, -0.05) is 17.4 Å². The number of anilines is 2. The van der Waals surface area contributed by atoms with Crippen molar-refractivity contribution in [3.05, 3.63) is 48.0 Å². The summed E-state index contributed by atoms with van der Waals surface area (Å²) in [7, 11) is 0. The lowest BCUT2D eigenvalue weighted by Crippen LogP contribution is -2.43. The third-order valence-electron chi connectivity index (χ3n) is 6.23. The SMILES string of the molecule is CSc1cccc2sc(N(CCN3CCOCC3)C(=O)c3ccc(N4C(=O)CCC4=O)cc3)nc12.Cl. The van der Waals surface area contributed by atoms with E-state index in [2.05, 4.69) is 4.90 Å². The lowest BCUT2D eigenvalue weighted by atomic mass is 10.1. The van der Waals surface area contributed by atoms with Crippen molar-refractivity contribution in [3.63, 3.8) is 0 Å². The van der Waals surface area contributed by atoms with E-state index in [1.165, 1.54) is 16.2 Å². The first kappa shape index (κ1) is 26.6. The number of nitrogens with zero attached hydrogens (tertiary/aromatic N) is 4. The number of carbonyl (C=O) groups excluding carboxylic acids is 3. The summed E-state index contributed by atoms with van der Waals surface area (Å²) in [5.41, 5.74) is 1.89. The molecule has 0 radical (unpaired) electrons. The molecule has 2 saturated heterocycles. The molecule has 2 aromatic carbocycles. The fourth-order valence-corrected chi connectivity index (χ4v) is 5.96. The number of hydrogen-bond donors (Lipinski definition) is 0. The second-order valence-corrected chi connectivity index (χ2v) is 10.2. The molecule has 190 valence electrons. The smallest absolute Gasteiger partial charge is 0.260 e. The normalized spacial score (nSPS) is 16.4. The monoisotopic (exact) mass is 546 g/mol. The molecule has 36 heavy (non-hydrogen) atoms. The number of morpholine rings is 1. The van der Waals surface area contributed by atoms with Crippen LogP contribution in [0.2, 0.25) is 0 Å². The van der Waals surface area contributed by atoms with Crippen molar-refractivity contribution < 1.29 is 19.1 Å². The maximum atomic E-state index is 13.7. The van der Waals surface area contributed by atoms with E-state index in [9.17, 15) is 14.4 Å². The molecule has 3 heterocycles. The van der Waals surface area contributed by atoms with Gasteiger partial charge in [-0.15, -0.1) is 24.2 Å². The van der Waals surface area contributed by atoms with E-state index in [1.54, 1.807) is 40.9 Å². The number of amides is 3. The second-order valence-electron chi connectivity index (χ2n) is 8.38. The minimum Gasteiger partial charge on any atom is -0.379 e. The van der Waals surface area contributed by atoms with E-state index < -0.39 is 0 Å². The number of rotatable bonds is 7. The van der Waals surface area contributed by atoms with Gasteiger partial charge in [-0.3, -0.25) is 29.1 Å². The van der Waals surface area contributed by atoms with Crippen molar-refractivity contribution in [1.82, 2.24) is 9.88 Å². The molecule has 8 nitrogen and oxygen atoms in total. The van der Waals surface area contributed by atoms with Gasteiger partial charge in [-0.25, -0.2) is 4.98 Å². The highest BCUT2D eigenvalue weighted by Crippen LogP contribution is 2.35. The summed E-state index contributed by atoms with van der Waals surface area (Å²) >= 11 is 3.15. The van der Waals surface area contributed by atoms with Gasteiger partial charge in [-0.05, 0) is 42.7 Å². The van der Waals surface area contributed by atoms with Crippen LogP contribution in [0.4, 0.5) is 10.8 Å². The number of carbonyl (C=O) groups is 3. The average molecular weight is 547 g/mol. The maximum Gasteiger partial charge on any atom is 0.260 e. The molecule has 3 aromatic rings. The molecule has 0 N–H and O–H groups in total. The van der Waals surface area contributed by atoms with E-state index in [1.807, 2.05) is 24.5 Å². The highest BCUT2D eigenvalue weighted by Gasteiger charge is 2.30. The van der Waals surface area contributed by atoms with E-state index in [4.69, 9.17) is 9.72 Å². The Morgan fingerprint density at radius 2 is 1.78 bits per heavy atom. The van der Waals surface area contributed by atoms with Crippen molar-refractivity contribution in [3.8, 4) is 0 Å². The topological polar surface area (TPSA) is 83.0 Å². The van der Waals surface area contributed by atoms with Crippen LogP contribution in [-0.2, 0) is 14.3 Å². The summed E-state index contributed by atoms with van der Waals surface area (Å²) in [6, 6.07) is 12.8. The second kappa shape index (κ2) is 11.7. The molecular weight excluding hydrogens is 520 g/mol. The van der Waals surface area contributed by atoms with Gasteiger partial charge < -0.3 is 4.74 Å². The number of para-hydroxylation sites is 1.